The third-order valence-electron chi connectivity index (χ3n) is 3.11. The Hall–Kier alpha value is -0.120. The van der Waals surface area contributed by atoms with E-state index in [0.29, 0.717) is 6.04 Å². The van der Waals surface area contributed by atoms with Crippen LogP contribution in [0.3, 0.4) is 0 Å². The number of hydrogen-bond donors (Lipinski definition) is 2. The number of hydrogen-bond acceptors (Lipinski definition) is 3. The minimum atomic E-state index is 0.666. The first-order chi connectivity index (χ1) is 8.29. The van der Waals surface area contributed by atoms with Crippen molar-refractivity contribution >= 4 is 0 Å². The molecule has 0 aliphatic rings. The Labute approximate surface area is 108 Å². The molecule has 3 nitrogen and oxygen atoms in total. The van der Waals surface area contributed by atoms with E-state index in [-0.39, 0.29) is 0 Å². The fourth-order valence-electron chi connectivity index (χ4n) is 2.09. The molecule has 0 heterocycles. The Bertz CT molecular complexity index is 150. The van der Waals surface area contributed by atoms with E-state index in [4.69, 9.17) is 5.73 Å². The molecule has 3 N–H and O–H groups in total. The molecule has 0 bridgehead atoms. The van der Waals surface area contributed by atoms with Crippen molar-refractivity contribution < 1.29 is 0 Å². The van der Waals surface area contributed by atoms with Gasteiger partial charge >= 0.3 is 0 Å². The van der Waals surface area contributed by atoms with Crippen LogP contribution in [-0.2, 0) is 0 Å². The molecule has 0 aromatic rings. The normalized spacial score (nSPS) is 13.2. The van der Waals surface area contributed by atoms with Gasteiger partial charge in [-0.1, -0.05) is 40.0 Å². The van der Waals surface area contributed by atoms with Crippen LogP contribution in [-0.4, -0.2) is 30.7 Å². The molecule has 0 rings (SSSR count). The van der Waals surface area contributed by atoms with Gasteiger partial charge in [-0.3, -0.25) is 5.43 Å². The minimum Gasteiger partial charge on any atom is -0.330 e. The first kappa shape index (κ1) is 16.9. The molecule has 0 spiro atoms. The van der Waals surface area contributed by atoms with Crippen LogP contribution in [0, 0.1) is 6.92 Å². The maximum atomic E-state index is 5.53. The zero-order valence-corrected chi connectivity index (χ0v) is 11.9. The van der Waals surface area contributed by atoms with E-state index in [1.165, 1.54) is 32.1 Å². The number of hydrazine groups is 1. The van der Waals surface area contributed by atoms with Gasteiger partial charge in [0.15, 0.2) is 0 Å². The first-order valence-corrected chi connectivity index (χ1v) is 7.29. The molecule has 1 radical (unpaired) electrons. The third-order valence-corrected chi connectivity index (χ3v) is 3.11. The summed E-state index contributed by atoms with van der Waals surface area (Å²) < 4.78 is 0. The van der Waals surface area contributed by atoms with Crippen molar-refractivity contribution in [2.45, 2.75) is 64.8 Å². The highest BCUT2D eigenvalue weighted by Gasteiger charge is 2.14. The summed E-state index contributed by atoms with van der Waals surface area (Å²) in [5.74, 6) is 0. The van der Waals surface area contributed by atoms with E-state index in [9.17, 15) is 0 Å². The highest BCUT2D eigenvalue weighted by molar-refractivity contribution is 4.67. The molecule has 0 aromatic carbocycles. The van der Waals surface area contributed by atoms with Gasteiger partial charge in [-0.25, -0.2) is 5.01 Å². The molecule has 3 heteroatoms. The number of nitrogens with one attached hydrogen (secondary N) is 1. The van der Waals surface area contributed by atoms with Gasteiger partial charge in [-0.15, -0.1) is 0 Å². The fraction of sp³-hybridized carbons (Fsp3) is 0.929. The van der Waals surface area contributed by atoms with E-state index < -0.39 is 0 Å². The Morgan fingerprint density at radius 2 is 2.00 bits per heavy atom. The molecule has 0 aliphatic carbocycles. The quantitative estimate of drug-likeness (QED) is 0.408. The lowest BCUT2D eigenvalue weighted by atomic mass is 10.1. The van der Waals surface area contributed by atoms with Crippen molar-refractivity contribution in [2.75, 3.05) is 19.6 Å². The Morgan fingerprint density at radius 1 is 1.24 bits per heavy atom. The van der Waals surface area contributed by atoms with Gasteiger partial charge in [0, 0.05) is 19.1 Å². The smallest absolute Gasteiger partial charge is 0.0240 e. The van der Waals surface area contributed by atoms with Crippen LogP contribution in [0.15, 0.2) is 0 Å². The molecule has 17 heavy (non-hydrogen) atoms. The number of nitrogens with zero attached hydrogens (tertiary/aromatic N) is 1. The second-order valence-electron chi connectivity index (χ2n) is 4.66. The summed E-state index contributed by atoms with van der Waals surface area (Å²) in [4.78, 5) is 0. The monoisotopic (exact) mass is 242 g/mol. The lowest BCUT2D eigenvalue weighted by Crippen LogP contribution is -2.46. The summed E-state index contributed by atoms with van der Waals surface area (Å²) >= 11 is 0. The molecule has 0 saturated heterocycles. The predicted octanol–water partition coefficient (Wildman–Crippen LogP) is 2.72. The molecule has 0 aromatic heterocycles. The Balaban J connectivity index is 4.00. The summed E-state index contributed by atoms with van der Waals surface area (Å²) in [6.45, 7) is 11.3. The molecule has 0 amide bonds. The maximum Gasteiger partial charge on any atom is 0.0240 e. The topological polar surface area (TPSA) is 41.3 Å². The number of unbranched alkanes of at least 4 members (excludes halogenated alkanes) is 2. The maximum absolute atomic E-state index is 5.53. The van der Waals surface area contributed by atoms with Crippen molar-refractivity contribution in [3.8, 4) is 0 Å². The largest absolute Gasteiger partial charge is 0.330 e. The summed E-state index contributed by atoms with van der Waals surface area (Å²) in [6.07, 6.45) is 8.34. The molecular formula is C14H32N3. The van der Waals surface area contributed by atoms with E-state index in [2.05, 4.69) is 31.2 Å². The predicted molar refractivity (Wildman–Crippen MR) is 76.6 cm³/mol. The number of nitrogens with two attached hydrogens (primary N) is 1. The van der Waals surface area contributed by atoms with Gasteiger partial charge in [0.25, 0.3) is 0 Å². The molecular weight excluding hydrogens is 210 g/mol. The van der Waals surface area contributed by atoms with E-state index in [1.807, 2.05) is 0 Å². The van der Waals surface area contributed by atoms with Crippen LogP contribution in [0.5, 0.6) is 0 Å². The highest BCUT2D eigenvalue weighted by Crippen LogP contribution is 2.12. The zero-order chi connectivity index (χ0) is 12.9. The molecule has 0 saturated carbocycles. The minimum absolute atomic E-state index is 0.666. The van der Waals surface area contributed by atoms with Gasteiger partial charge in [0.2, 0.25) is 0 Å². The van der Waals surface area contributed by atoms with Crippen LogP contribution in [0.25, 0.3) is 0 Å². The van der Waals surface area contributed by atoms with Crippen molar-refractivity contribution in [2.24, 2.45) is 5.73 Å². The van der Waals surface area contributed by atoms with Crippen molar-refractivity contribution in [1.29, 1.82) is 0 Å². The first-order valence-electron chi connectivity index (χ1n) is 7.29. The fourth-order valence-corrected chi connectivity index (χ4v) is 2.09. The highest BCUT2D eigenvalue weighted by atomic mass is 15.5. The third kappa shape index (κ3) is 8.58. The summed E-state index contributed by atoms with van der Waals surface area (Å²) in [7, 11) is 0. The van der Waals surface area contributed by atoms with Crippen LogP contribution >= 0.6 is 0 Å². The molecule has 0 fully saturated rings. The lowest BCUT2D eigenvalue weighted by molar-refractivity contribution is 0.111. The molecule has 1 atom stereocenters. The Kier molecular flexibility index (Phi) is 12.3. The summed E-state index contributed by atoms with van der Waals surface area (Å²) in [5, 5.41) is 2.43. The van der Waals surface area contributed by atoms with Crippen molar-refractivity contribution in [1.82, 2.24) is 10.4 Å². The lowest BCUT2D eigenvalue weighted by Gasteiger charge is -2.31. The standard InChI is InChI=1S/C14H32N3/c1-4-7-8-10-14(6-3)17(13-5-2)16-12-9-11-15/h14,16H,1,4-13,15H2,2-3H3. The van der Waals surface area contributed by atoms with Crippen LogP contribution in [0.1, 0.15) is 58.8 Å². The van der Waals surface area contributed by atoms with Gasteiger partial charge in [0.1, 0.15) is 0 Å². The van der Waals surface area contributed by atoms with E-state index in [1.54, 1.807) is 0 Å². The average Bonchev–Trinajstić information content (AvgIpc) is 2.34. The molecule has 103 valence electrons. The zero-order valence-electron chi connectivity index (χ0n) is 11.9. The van der Waals surface area contributed by atoms with Crippen molar-refractivity contribution in [3.63, 3.8) is 0 Å². The van der Waals surface area contributed by atoms with Gasteiger partial charge in [-0.05, 0) is 32.2 Å². The van der Waals surface area contributed by atoms with Gasteiger partial charge < -0.3 is 5.73 Å². The molecule has 0 aliphatic heterocycles. The van der Waals surface area contributed by atoms with E-state index in [0.717, 1.165) is 32.5 Å². The second kappa shape index (κ2) is 12.3. The Morgan fingerprint density at radius 3 is 2.53 bits per heavy atom. The summed E-state index contributed by atoms with van der Waals surface area (Å²) in [5.41, 5.74) is 9.07. The van der Waals surface area contributed by atoms with Gasteiger partial charge in [0.05, 0.1) is 0 Å². The summed E-state index contributed by atoms with van der Waals surface area (Å²) in [6, 6.07) is 0.666. The SMILES string of the molecule is [CH2]CCCCC(CC)N(CCC)NCCCN. The number of rotatable bonds is 12. The van der Waals surface area contributed by atoms with Crippen LogP contribution in [0.2, 0.25) is 0 Å². The van der Waals surface area contributed by atoms with Crippen LogP contribution in [0.4, 0.5) is 0 Å². The van der Waals surface area contributed by atoms with Crippen LogP contribution < -0.4 is 11.2 Å². The van der Waals surface area contributed by atoms with Gasteiger partial charge in [-0.2, -0.15) is 0 Å². The molecule has 1 unspecified atom stereocenters. The average molecular weight is 242 g/mol. The van der Waals surface area contributed by atoms with E-state index >= 15 is 0 Å². The second-order valence-corrected chi connectivity index (χ2v) is 4.66. The van der Waals surface area contributed by atoms with Crippen molar-refractivity contribution in [3.05, 3.63) is 6.92 Å².